The van der Waals surface area contributed by atoms with Gasteiger partial charge in [0.1, 0.15) is 0 Å². The molecule has 0 amide bonds. The average molecular weight is 245 g/mol. The van der Waals surface area contributed by atoms with E-state index in [2.05, 4.69) is 0 Å². The van der Waals surface area contributed by atoms with E-state index in [1.807, 2.05) is 0 Å². The molecule has 0 fully saturated rings. The zero-order valence-corrected chi connectivity index (χ0v) is 5.98. The molecule has 0 aromatic carbocycles. The first-order valence-electron chi connectivity index (χ1n) is 0.408. The van der Waals surface area contributed by atoms with Crippen molar-refractivity contribution in [2.45, 2.75) is 0 Å². The largest absolute Gasteiger partial charge is 0.303 e. The maximum Gasteiger partial charge on any atom is 0.303 e. The van der Waals surface area contributed by atoms with Crippen molar-refractivity contribution in [3.05, 3.63) is 0 Å². The van der Waals surface area contributed by atoms with E-state index in [1.54, 1.807) is 0 Å². The molecule has 0 aliphatic heterocycles. The fourth-order valence-electron chi connectivity index (χ4n) is 0. The van der Waals surface area contributed by atoms with Crippen LogP contribution in [-0.2, 0) is 31.5 Å². The molecule has 0 aromatic heterocycles. The van der Waals surface area contributed by atoms with Gasteiger partial charge in [0.15, 0.2) is 0 Å². The summed E-state index contributed by atoms with van der Waals surface area (Å²) in [7, 11) is -1.42. The molecule has 0 spiro atoms. The molecule has 0 N–H and O–H groups in total. The van der Waals surface area contributed by atoms with Gasteiger partial charge < -0.3 is 0 Å². The molecule has 0 aliphatic carbocycles. The van der Waals surface area contributed by atoms with Crippen molar-refractivity contribution in [1.29, 1.82) is 0 Å². The Morgan fingerprint density at radius 3 is 1.25 bits per heavy atom. The van der Waals surface area contributed by atoms with Crippen molar-refractivity contribution < 1.29 is 31.5 Å². The first-order chi connectivity index (χ1) is 1.41. The summed E-state index contributed by atoms with van der Waals surface area (Å²) in [6.07, 6.45) is 0. The van der Waals surface area contributed by atoms with Gasteiger partial charge in [0, 0.05) is 22.4 Å². The van der Waals surface area contributed by atoms with Crippen LogP contribution in [0.4, 0.5) is 0 Å². The van der Waals surface area contributed by atoms with Crippen molar-refractivity contribution in [2.75, 3.05) is 0 Å². The third kappa shape index (κ3) is 17.3. The minimum absolute atomic E-state index is 0. The van der Waals surface area contributed by atoms with Crippen LogP contribution < -0.4 is 0 Å². The van der Waals surface area contributed by atoms with Crippen molar-refractivity contribution >= 4 is 8.34 Å². The molecule has 0 atom stereocenters. The summed E-state index contributed by atoms with van der Waals surface area (Å²) in [5, 5.41) is 0. The molecule has 4 heteroatoms. The second-order valence-electron chi connectivity index (χ2n) is 0.0833. The van der Waals surface area contributed by atoms with Crippen LogP contribution in [0.25, 0.3) is 0 Å². The first kappa shape index (κ1) is 8.82. The molecule has 0 bridgehead atoms. The van der Waals surface area contributed by atoms with E-state index >= 15 is 0 Å². The Kier molecular flexibility index (Phi) is 20.8. The third-order valence-electron chi connectivity index (χ3n) is 0. The molecule has 0 rings (SSSR count). The minimum atomic E-state index is -1.42. The van der Waals surface area contributed by atoms with Crippen LogP contribution in [-0.4, -0.2) is 0 Å². The molecular formula is HO2PTa. The van der Waals surface area contributed by atoms with Crippen LogP contribution in [0.1, 0.15) is 0 Å². The van der Waals surface area contributed by atoms with E-state index in [0.717, 1.165) is 0 Å². The zero-order valence-electron chi connectivity index (χ0n) is 1.76. The Bertz CT molecular complexity index is 27.0. The van der Waals surface area contributed by atoms with Gasteiger partial charge in [-0.05, 0) is 0 Å². The normalized spacial score (nSPS) is 3.00. The van der Waals surface area contributed by atoms with E-state index in [1.165, 1.54) is 0 Å². The van der Waals surface area contributed by atoms with E-state index in [-0.39, 0.29) is 22.4 Å². The summed E-state index contributed by atoms with van der Waals surface area (Å²) < 4.78 is 16.8. The fraction of sp³-hybridized carbons (Fsp3) is 0. The van der Waals surface area contributed by atoms with E-state index < -0.39 is 8.34 Å². The van der Waals surface area contributed by atoms with E-state index in [0.29, 0.717) is 0 Å². The number of hydrogen-bond acceptors (Lipinski definition) is 2. The first-order valence-corrected chi connectivity index (χ1v) is 1.22. The average Bonchev–Trinajstić information content (AvgIpc) is 0.918. The Morgan fingerprint density at radius 1 is 1.25 bits per heavy atom. The maximum absolute atomic E-state index is 8.40. The van der Waals surface area contributed by atoms with Crippen LogP contribution in [0.5, 0.6) is 0 Å². The van der Waals surface area contributed by atoms with Gasteiger partial charge in [0.05, 0.1) is 0 Å². The van der Waals surface area contributed by atoms with Crippen LogP contribution in [0.2, 0.25) is 0 Å². The SMILES string of the molecule is O=[PH]=O.[Ta]. The predicted octanol–water partition coefficient (Wildman–Crippen LogP) is 0.353. The van der Waals surface area contributed by atoms with Crippen LogP contribution >= 0.6 is 8.34 Å². The Morgan fingerprint density at radius 2 is 1.25 bits per heavy atom. The molecule has 0 aliphatic rings. The second kappa shape index (κ2) is 9.43. The van der Waals surface area contributed by atoms with Gasteiger partial charge in [-0.3, -0.25) is 0 Å². The van der Waals surface area contributed by atoms with Gasteiger partial charge in [-0.1, -0.05) is 0 Å². The van der Waals surface area contributed by atoms with E-state index in [4.69, 9.17) is 9.13 Å². The zero-order chi connectivity index (χ0) is 2.71. The molecular weight excluding hydrogens is 244 g/mol. The summed E-state index contributed by atoms with van der Waals surface area (Å²) in [5.74, 6) is 0. The fourth-order valence-corrected chi connectivity index (χ4v) is 0. The molecule has 0 heterocycles. The smallest absolute Gasteiger partial charge is 0.241 e. The minimum Gasteiger partial charge on any atom is -0.241 e. The summed E-state index contributed by atoms with van der Waals surface area (Å²) in [4.78, 5) is 0. The Hall–Kier alpha value is 0.640. The number of rotatable bonds is 0. The molecule has 2 nitrogen and oxygen atoms in total. The van der Waals surface area contributed by atoms with E-state index in [9.17, 15) is 0 Å². The number of hydrogen-bond donors (Lipinski definition) is 0. The second-order valence-corrected chi connectivity index (χ2v) is 0.250. The molecule has 4 heavy (non-hydrogen) atoms. The third-order valence-corrected chi connectivity index (χ3v) is 0. The molecule has 0 aromatic rings. The molecule has 1 radical (unpaired) electrons. The summed E-state index contributed by atoms with van der Waals surface area (Å²) in [6.45, 7) is 0. The van der Waals surface area contributed by atoms with Crippen molar-refractivity contribution in [3.8, 4) is 0 Å². The standard InChI is InChI=1S/HO2P.Ta/c1-3-2;/h3H;. The maximum atomic E-state index is 8.40. The Labute approximate surface area is 40.3 Å². The summed E-state index contributed by atoms with van der Waals surface area (Å²) >= 11 is 0. The summed E-state index contributed by atoms with van der Waals surface area (Å²) in [6, 6.07) is 0. The molecule has 23 valence electrons. The van der Waals surface area contributed by atoms with Crippen LogP contribution in [0.15, 0.2) is 0 Å². The molecule has 0 saturated heterocycles. The van der Waals surface area contributed by atoms with Gasteiger partial charge in [-0.15, -0.1) is 0 Å². The van der Waals surface area contributed by atoms with Gasteiger partial charge >= 0.3 is 8.34 Å². The van der Waals surface area contributed by atoms with Gasteiger partial charge in [-0.25, -0.2) is 9.13 Å². The van der Waals surface area contributed by atoms with Crippen LogP contribution in [0.3, 0.4) is 0 Å². The van der Waals surface area contributed by atoms with Crippen LogP contribution in [0, 0.1) is 0 Å². The summed E-state index contributed by atoms with van der Waals surface area (Å²) in [5.41, 5.74) is 0. The topological polar surface area (TPSA) is 34.1 Å². The van der Waals surface area contributed by atoms with Gasteiger partial charge in [0.25, 0.3) is 0 Å². The monoisotopic (exact) mass is 245 g/mol. The predicted molar refractivity (Wildman–Crippen MR) is 9.69 cm³/mol. The quantitative estimate of drug-likeness (QED) is 0.577. The Balaban J connectivity index is 0. The molecule has 0 saturated carbocycles. The van der Waals surface area contributed by atoms with Crippen molar-refractivity contribution in [1.82, 2.24) is 0 Å². The van der Waals surface area contributed by atoms with Crippen molar-refractivity contribution in [2.24, 2.45) is 0 Å². The van der Waals surface area contributed by atoms with Gasteiger partial charge in [-0.2, -0.15) is 0 Å². The molecule has 0 unspecified atom stereocenters. The van der Waals surface area contributed by atoms with Gasteiger partial charge in [0.2, 0.25) is 0 Å². The van der Waals surface area contributed by atoms with Crippen molar-refractivity contribution in [3.63, 3.8) is 0 Å².